The minimum absolute atomic E-state index is 0.204. The number of benzene rings is 1. The summed E-state index contributed by atoms with van der Waals surface area (Å²) in [6.07, 6.45) is 11.0. The summed E-state index contributed by atoms with van der Waals surface area (Å²) in [4.78, 5) is 0. The molecule has 0 bridgehead atoms. The van der Waals surface area contributed by atoms with E-state index in [2.05, 4.69) is 59.7 Å². The molecule has 0 spiro atoms. The van der Waals surface area contributed by atoms with Crippen molar-refractivity contribution in [3.63, 3.8) is 0 Å². The molecule has 0 aromatic heterocycles. The maximum absolute atomic E-state index is 6.49. The van der Waals surface area contributed by atoms with Crippen LogP contribution in [0.5, 0.6) is 5.75 Å². The van der Waals surface area contributed by atoms with Gasteiger partial charge < -0.3 is 4.52 Å². The van der Waals surface area contributed by atoms with E-state index in [0.717, 1.165) is 48.8 Å². The monoisotopic (exact) mass is 422 g/mol. The summed E-state index contributed by atoms with van der Waals surface area (Å²) in [5.41, 5.74) is 2.39. The van der Waals surface area contributed by atoms with Gasteiger partial charge in [-0.2, -0.15) is 0 Å². The standard InChI is InChI=1S/C25H43O3P/c1-7-23(12-8-10-19(2)3)26-29(27-24-13-9-11-20(4)14-16-24)28-25-17-15-21(5)18-22(25)6/h15,17-20,23-24H,7-14,16H2,1-6H3. The van der Waals surface area contributed by atoms with Crippen LogP contribution >= 0.6 is 8.60 Å². The van der Waals surface area contributed by atoms with E-state index in [0.29, 0.717) is 0 Å². The summed E-state index contributed by atoms with van der Waals surface area (Å²) in [6.45, 7) is 13.3. The second kappa shape index (κ2) is 12.9. The Labute approximate surface area is 180 Å². The molecular weight excluding hydrogens is 379 g/mol. The zero-order valence-corrected chi connectivity index (χ0v) is 20.5. The molecule has 3 nitrogen and oxygen atoms in total. The molecule has 0 N–H and O–H groups in total. The zero-order valence-electron chi connectivity index (χ0n) is 19.6. The van der Waals surface area contributed by atoms with Crippen molar-refractivity contribution in [1.82, 2.24) is 0 Å². The first kappa shape index (κ1) is 24.6. The highest BCUT2D eigenvalue weighted by molar-refractivity contribution is 7.42. The summed E-state index contributed by atoms with van der Waals surface area (Å²) < 4.78 is 19.3. The van der Waals surface area contributed by atoms with E-state index in [-0.39, 0.29) is 12.2 Å². The fourth-order valence-electron chi connectivity index (χ4n) is 3.94. The van der Waals surface area contributed by atoms with Gasteiger partial charge in [0.2, 0.25) is 0 Å². The molecule has 2 rings (SSSR count). The van der Waals surface area contributed by atoms with Crippen molar-refractivity contribution in [1.29, 1.82) is 0 Å². The highest BCUT2D eigenvalue weighted by atomic mass is 31.2. The van der Waals surface area contributed by atoms with E-state index >= 15 is 0 Å². The fourth-order valence-corrected chi connectivity index (χ4v) is 5.39. The molecule has 1 aromatic carbocycles. The Morgan fingerprint density at radius 3 is 2.55 bits per heavy atom. The summed E-state index contributed by atoms with van der Waals surface area (Å²) in [6, 6.07) is 6.32. The van der Waals surface area contributed by atoms with Crippen molar-refractivity contribution < 1.29 is 13.6 Å². The summed E-state index contributed by atoms with van der Waals surface area (Å²) >= 11 is 0. The zero-order chi connectivity index (χ0) is 21.2. The van der Waals surface area contributed by atoms with Crippen molar-refractivity contribution in [2.45, 2.75) is 112 Å². The number of hydrogen-bond donors (Lipinski definition) is 0. The van der Waals surface area contributed by atoms with E-state index < -0.39 is 8.60 Å². The van der Waals surface area contributed by atoms with E-state index in [1.54, 1.807) is 0 Å². The quantitative estimate of drug-likeness (QED) is 0.264. The molecular formula is C25H43O3P. The van der Waals surface area contributed by atoms with Gasteiger partial charge >= 0.3 is 8.60 Å². The van der Waals surface area contributed by atoms with E-state index in [1.165, 1.54) is 37.7 Å². The second-order valence-corrected chi connectivity index (χ2v) is 10.4. The smallest absolute Gasteiger partial charge is 0.397 e. The predicted octanol–water partition coefficient (Wildman–Crippen LogP) is 8.52. The van der Waals surface area contributed by atoms with Gasteiger partial charge in [0.05, 0.1) is 12.2 Å². The van der Waals surface area contributed by atoms with Gasteiger partial charge in [-0.3, -0.25) is 9.05 Å². The fraction of sp³-hybridized carbons (Fsp3) is 0.760. The molecule has 1 fully saturated rings. The summed E-state index contributed by atoms with van der Waals surface area (Å²) in [5.74, 6) is 2.43. The van der Waals surface area contributed by atoms with Crippen LogP contribution < -0.4 is 4.52 Å². The molecule has 1 aliphatic carbocycles. The highest BCUT2D eigenvalue weighted by Crippen LogP contribution is 2.47. The molecule has 4 atom stereocenters. The lowest BCUT2D eigenvalue weighted by molar-refractivity contribution is 0.0985. The van der Waals surface area contributed by atoms with Gasteiger partial charge in [0.15, 0.2) is 0 Å². The Morgan fingerprint density at radius 2 is 1.86 bits per heavy atom. The van der Waals surface area contributed by atoms with Gasteiger partial charge in [0, 0.05) is 0 Å². The largest absolute Gasteiger partial charge is 0.426 e. The van der Waals surface area contributed by atoms with Crippen LogP contribution in [0, 0.1) is 25.7 Å². The average molecular weight is 423 g/mol. The lowest BCUT2D eigenvalue weighted by Crippen LogP contribution is -2.16. The molecule has 0 saturated heterocycles. The molecule has 166 valence electrons. The molecule has 0 aliphatic heterocycles. The highest BCUT2D eigenvalue weighted by Gasteiger charge is 2.27. The van der Waals surface area contributed by atoms with Gasteiger partial charge in [-0.05, 0) is 69.4 Å². The topological polar surface area (TPSA) is 27.7 Å². The molecule has 0 radical (unpaired) electrons. The molecule has 1 saturated carbocycles. The minimum atomic E-state index is -1.39. The first-order chi connectivity index (χ1) is 13.9. The Balaban J connectivity index is 2.04. The van der Waals surface area contributed by atoms with Crippen molar-refractivity contribution in [2.24, 2.45) is 11.8 Å². The van der Waals surface area contributed by atoms with Gasteiger partial charge in [-0.1, -0.05) is 71.1 Å². The Morgan fingerprint density at radius 1 is 1.07 bits per heavy atom. The first-order valence-electron chi connectivity index (χ1n) is 11.8. The number of aryl methyl sites for hydroxylation is 2. The van der Waals surface area contributed by atoms with Gasteiger partial charge in [0.25, 0.3) is 0 Å². The second-order valence-electron chi connectivity index (χ2n) is 9.39. The summed E-state index contributed by atoms with van der Waals surface area (Å²) in [5, 5.41) is 0. The minimum Gasteiger partial charge on any atom is -0.426 e. The Hall–Kier alpha value is -0.630. The van der Waals surface area contributed by atoms with E-state index in [1.807, 2.05) is 0 Å². The maximum Gasteiger partial charge on any atom is 0.397 e. The van der Waals surface area contributed by atoms with Gasteiger partial charge in [0.1, 0.15) is 5.75 Å². The third-order valence-corrected chi connectivity index (χ3v) is 7.23. The van der Waals surface area contributed by atoms with Crippen LogP contribution in [-0.2, 0) is 9.05 Å². The van der Waals surface area contributed by atoms with Crippen LogP contribution in [0.4, 0.5) is 0 Å². The first-order valence-corrected chi connectivity index (χ1v) is 12.9. The number of hydrogen-bond acceptors (Lipinski definition) is 3. The molecule has 4 heteroatoms. The SMILES string of the molecule is CCC(CCCC(C)C)OP(Oc1ccc(C)cc1C)OC1CCCC(C)CC1. The Kier molecular flexibility index (Phi) is 11.0. The summed E-state index contributed by atoms with van der Waals surface area (Å²) in [7, 11) is -1.39. The van der Waals surface area contributed by atoms with Crippen molar-refractivity contribution in [3.05, 3.63) is 29.3 Å². The van der Waals surface area contributed by atoms with Crippen LogP contribution in [0.25, 0.3) is 0 Å². The van der Waals surface area contributed by atoms with Crippen LogP contribution in [-0.4, -0.2) is 12.2 Å². The van der Waals surface area contributed by atoms with Crippen LogP contribution in [0.2, 0.25) is 0 Å². The van der Waals surface area contributed by atoms with Crippen LogP contribution in [0.1, 0.15) is 96.6 Å². The van der Waals surface area contributed by atoms with Gasteiger partial charge in [-0.15, -0.1) is 0 Å². The normalized spacial score (nSPS) is 22.3. The number of rotatable bonds is 11. The van der Waals surface area contributed by atoms with Crippen molar-refractivity contribution in [3.8, 4) is 5.75 Å². The van der Waals surface area contributed by atoms with Crippen molar-refractivity contribution in [2.75, 3.05) is 0 Å². The third kappa shape index (κ3) is 9.37. The Bertz CT molecular complexity index is 589. The molecule has 1 aliphatic rings. The van der Waals surface area contributed by atoms with Crippen LogP contribution in [0.3, 0.4) is 0 Å². The maximum atomic E-state index is 6.49. The van der Waals surface area contributed by atoms with Crippen LogP contribution in [0.15, 0.2) is 18.2 Å². The van der Waals surface area contributed by atoms with Gasteiger partial charge in [-0.25, -0.2) is 0 Å². The molecule has 0 heterocycles. The predicted molar refractivity (Wildman–Crippen MR) is 124 cm³/mol. The van der Waals surface area contributed by atoms with E-state index in [9.17, 15) is 0 Å². The van der Waals surface area contributed by atoms with Crippen molar-refractivity contribution >= 4 is 8.60 Å². The van der Waals surface area contributed by atoms with E-state index in [4.69, 9.17) is 13.6 Å². The average Bonchev–Trinajstić information content (AvgIpc) is 2.87. The lowest BCUT2D eigenvalue weighted by atomic mass is 10.0. The molecule has 29 heavy (non-hydrogen) atoms. The lowest BCUT2D eigenvalue weighted by Gasteiger charge is -2.26. The molecule has 0 amide bonds. The molecule has 4 unspecified atom stereocenters. The third-order valence-electron chi connectivity index (χ3n) is 5.94. The molecule has 1 aromatic rings.